The number of phosphoric ester groups is 1. The zero-order valence-corrected chi connectivity index (χ0v) is 54.7. The molecule has 3 unspecified atom stereocenters. The second-order valence-electron chi connectivity index (χ2n) is 24.9. The molecule has 0 aliphatic heterocycles. The van der Waals surface area contributed by atoms with Gasteiger partial charge in [0, 0.05) is 6.42 Å². The molecule has 80 heavy (non-hydrogen) atoms. The largest absolute Gasteiger partial charge is 0.756 e. The van der Waals surface area contributed by atoms with Crippen molar-refractivity contribution in [3.63, 3.8) is 0 Å². The highest BCUT2D eigenvalue weighted by atomic mass is 31.2. The fourth-order valence-electron chi connectivity index (χ4n) is 10.4. The Hall–Kier alpha value is -1.80. The van der Waals surface area contributed by atoms with Crippen LogP contribution in [0, 0.1) is 0 Å². The van der Waals surface area contributed by atoms with Crippen molar-refractivity contribution >= 4 is 13.7 Å². The molecule has 0 heterocycles. The first kappa shape index (κ1) is 78.2. The van der Waals surface area contributed by atoms with Gasteiger partial charge >= 0.3 is 0 Å². The molecular weight excluding hydrogens is 1010 g/mol. The van der Waals surface area contributed by atoms with Crippen molar-refractivity contribution in [2.24, 2.45) is 0 Å². The third kappa shape index (κ3) is 63.8. The summed E-state index contributed by atoms with van der Waals surface area (Å²) in [4.78, 5) is 25.7. The molecule has 0 aromatic rings. The summed E-state index contributed by atoms with van der Waals surface area (Å²) in [5.41, 5.74) is 0. The number of aliphatic hydroxyl groups is 1. The van der Waals surface area contributed by atoms with E-state index in [0.29, 0.717) is 23.9 Å². The fourth-order valence-corrected chi connectivity index (χ4v) is 11.1. The molecular formula is C71H135N2O6P. The van der Waals surface area contributed by atoms with Crippen LogP contribution in [0.25, 0.3) is 0 Å². The van der Waals surface area contributed by atoms with Crippen molar-refractivity contribution in [1.82, 2.24) is 5.32 Å². The van der Waals surface area contributed by atoms with E-state index in [9.17, 15) is 19.4 Å². The summed E-state index contributed by atoms with van der Waals surface area (Å²) >= 11 is 0. The molecule has 1 amide bonds. The van der Waals surface area contributed by atoms with Gasteiger partial charge < -0.3 is 28.8 Å². The number of hydrogen-bond donors (Lipinski definition) is 2. The van der Waals surface area contributed by atoms with Crippen molar-refractivity contribution in [1.29, 1.82) is 0 Å². The number of unbranched alkanes of at least 4 members (excludes halogenated alkanes) is 41. The molecule has 0 saturated heterocycles. The highest BCUT2D eigenvalue weighted by Gasteiger charge is 2.24. The lowest BCUT2D eigenvalue weighted by molar-refractivity contribution is -0.870. The second kappa shape index (κ2) is 61.8. The van der Waals surface area contributed by atoms with Crippen molar-refractivity contribution < 1.29 is 32.9 Å². The Morgan fingerprint density at radius 1 is 0.450 bits per heavy atom. The fraction of sp³-hybridized carbons (Fsp3) is 0.845. The Morgan fingerprint density at radius 3 is 1.11 bits per heavy atom. The maximum Gasteiger partial charge on any atom is 0.268 e. The molecule has 2 N–H and O–H groups in total. The van der Waals surface area contributed by atoms with Gasteiger partial charge in [-0.25, -0.2) is 0 Å². The van der Waals surface area contributed by atoms with Gasteiger partial charge in [0.25, 0.3) is 7.82 Å². The lowest BCUT2D eigenvalue weighted by Crippen LogP contribution is -2.46. The number of quaternary nitrogens is 1. The molecule has 0 fully saturated rings. The maximum atomic E-state index is 13.0. The quantitative estimate of drug-likeness (QED) is 0.0272. The number of carbonyl (C=O) groups excluding carboxylic acids is 1. The molecule has 3 atom stereocenters. The van der Waals surface area contributed by atoms with Crippen molar-refractivity contribution in [2.45, 2.75) is 347 Å². The highest BCUT2D eigenvalue weighted by molar-refractivity contribution is 7.45. The summed E-state index contributed by atoms with van der Waals surface area (Å²) in [6.07, 6.45) is 84.4. The van der Waals surface area contributed by atoms with Gasteiger partial charge in [-0.15, -0.1) is 0 Å². The van der Waals surface area contributed by atoms with Crippen LogP contribution in [0.15, 0.2) is 60.8 Å². The molecule has 9 heteroatoms. The van der Waals surface area contributed by atoms with E-state index in [0.717, 1.165) is 77.0 Å². The van der Waals surface area contributed by atoms with Crippen LogP contribution in [-0.2, 0) is 18.4 Å². The van der Waals surface area contributed by atoms with Crippen LogP contribution in [0.4, 0.5) is 0 Å². The molecule has 0 bridgehead atoms. The third-order valence-electron chi connectivity index (χ3n) is 15.8. The number of allylic oxidation sites excluding steroid dienone is 10. The molecule has 470 valence electrons. The van der Waals surface area contributed by atoms with Gasteiger partial charge in [-0.3, -0.25) is 9.36 Å². The first-order valence-electron chi connectivity index (χ1n) is 34.6. The predicted molar refractivity (Wildman–Crippen MR) is 348 cm³/mol. The molecule has 8 nitrogen and oxygen atoms in total. The second-order valence-corrected chi connectivity index (χ2v) is 26.3. The van der Waals surface area contributed by atoms with Crippen molar-refractivity contribution in [3.8, 4) is 0 Å². The van der Waals surface area contributed by atoms with E-state index in [4.69, 9.17) is 9.05 Å². The van der Waals surface area contributed by atoms with Gasteiger partial charge in [-0.1, -0.05) is 331 Å². The molecule has 0 rings (SSSR count). The Balaban J connectivity index is 4.03. The number of amides is 1. The van der Waals surface area contributed by atoms with Crippen LogP contribution < -0.4 is 10.2 Å². The predicted octanol–water partition coefficient (Wildman–Crippen LogP) is 21.4. The van der Waals surface area contributed by atoms with Crippen LogP contribution in [0.2, 0.25) is 0 Å². The van der Waals surface area contributed by atoms with E-state index < -0.39 is 20.0 Å². The summed E-state index contributed by atoms with van der Waals surface area (Å²) in [5.74, 6) is -0.169. The van der Waals surface area contributed by atoms with Gasteiger partial charge in [0.05, 0.1) is 39.9 Å². The number of phosphoric acid groups is 1. The monoisotopic (exact) mass is 1140 g/mol. The van der Waals surface area contributed by atoms with Crippen LogP contribution in [0.3, 0.4) is 0 Å². The van der Waals surface area contributed by atoms with Crippen LogP contribution in [-0.4, -0.2) is 68.5 Å². The molecule has 0 aromatic carbocycles. The highest BCUT2D eigenvalue weighted by Crippen LogP contribution is 2.38. The SMILES string of the molecule is CC/C=C\C/C=C\C/C=C\C/C=C\C/C=C\CCCCCCCCCCCC(=O)NC(COP(=O)([O-])OCC[N+](C)(C)C)C(O)CCCCCCCCCCCCCCCCCCCCCCCCCCCCCCCCCCC. The average molecular weight is 1140 g/mol. The third-order valence-corrected chi connectivity index (χ3v) is 16.7. The Bertz CT molecular complexity index is 1490. The number of nitrogens with one attached hydrogen (secondary N) is 1. The van der Waals surface area contributed by atoms with Gasteiger partial charge in [-0.05, 0) is 57.8 Å². The number of rotatable bonds is 64. The molecule has 0 radical (unpaired) electrons. The van der Waals surface area contributed by atoms with Crippen molar-refractivity contribution in [2.75, 3.05) is 40.9 Å². The van der Waals surface area contributed by atoms with Gasteiger partial charge in [0.15, 0.2) is 0 Å². The van der Waals surface area contributed by atoms with Gasteiger partial charge in [-0.2, -0.15) is 0 Å². The minimum atomic E-state index is -4.59. The van der Waals surface area contributed by atoms with E-state index >= 15 is 0 Å². The topological polar surface area (TPSA) is 108 Å². The molecule has 0 aliphatic carbocycles. The lowest BCUT2D eigenvalue weighted by Gasteiger charge is -2.30. The smallest absolute Gasteiger partial charge is 0.268 e. The first-order valence-corrected chi connectivity index (χ1v) is 36.1. The van der Waals surface area contributed by atoms with Gasteiger partial charge in [0.2, 0.25) is 5.91 Å². The van der Waals surface area contributed by atoms with Gasteiger partial charge in [0.1, 0.15) is 13.2 Å². The van der Waals surface area contributed by atoms with E-state index in [2.05, 4.69) is 79.9 Å². The normalized spacial score (nSPS) is 14.0. The molecule has 0 aliphatic rings. The number of carbonyl (C=O) groups is 1. The maximum absolute atomic E-state index is 13.0. The number of nitrogens with zero attached hydrogens (tertiary/aromatic N) is 1. The van der Waals surface area contributed by atoms with Crippen LogP contribution >= 0.6 is 7.82 Å². The molecule has 0 spiro atoms. The first-order chi connectivity index (χ1) is 39.0. The summed E-state index contributed by atoms with van der Waals surface area (Å²) in [6.45, 7) is 4.64. The van der Waals surface area contributed by atoms with Crippen molar-refractivity contribution in [3.05, 3.63) is 60.8 Å². The van der Waals surface area contributed by atoms with Crippen LogP contribution in [0.5, 0.6) is 0 Å². The Kier molecular flexibility index (Phi) is 60.4. The minimum absolute atomic E-state index is 0.00930. The number of aliphatic hydroxyl groups excluding tert-OH is 1. The molecule has 0 saturated carbocycles. The van der Waals surface area contributed by atoms with Crippen LogP contribution in [0.1, 0.15) is 335 Å². The number of hydrogen-bond acceptors (Lipinski definition) is 6. The average Bonchev–Trinajstić information content (AvgIpc) is 3.42. The summed E-state index contributed by atoms with van der Waals surface area (Å²) < 4.78 is 23.5. The van der Waals surface area contributed by atoms with E-state index in [-0.39, 0.29) is 19.1 Å². The zero-order chi connectivity index (χ0) is 58.4. The summed E-state index contributed by atoms with van der Waals surface area (Å²) in [5, 5.41) is 14.1. The number of likely N-dealkylation sites (N-methyl/N-ethyl adjacent to an activating group) is 1. The zero-order valence-electron chi connectivity index (χ0n) is 53.8. The minimum Gasteiger partial charge on any atom is -0.756 e. The summed E-state index contributed by atoms with van der Waals surface area (Å²) in [6, 6.07) is -0.809. The van der Waals surface area contributed by atoms with E-state index in [1.165, 1.54) is 231 Å². The summed E-state index contributed by atoms with van der Waals surface area (Å²) in [7, 11) is 1.30. The Morgan fingerprint density at radius 2 is 0.762 bits per heavy atom. The lowest BCUT2D eigenvalue weighted by atomic mass is 10.0. The molecule has 0 aromatic heterocycles. The Labute approximate surface area is 498 Å². The van der Waals surface area contributed by atoms with E-state index in [1.807, 2.05) is 21.1 Å². The standard InChI is InChI=1S/C71H135N2O6P/c1-6-8-10-12-14-16-18-20-22-24-26-28-30-32-33-34-35-36-37-38-39-41-42-44-46-48-50-52-54-56-58-60-62-64-70(74)69(68-79-80(76,77)78-67-66-73(3,4)5)72-71(75)65-63-61-59-57-55-53-51-49-47-45-43-40-31-29-27-25-23-21-19-17-15-13-11-9-7-2/h9,11,15,17,21,23,27,29,40,43,69-70,74H,6-8,10,12-14,16,18-20,22,24-26,28,30-39,41-42,44-68H2,1-5H3,(H-,72,75,76,77)/b11-9-,17-15-,23-21-,29-27-,43-40-. The van der Waals surface area contributed by atoms with E-state index in [1.54, 1.807) is 0 Å².